The quantitative estimate of drug-likeness (QED) is 0.679. The lowest BCUT2D eigenvalue weighted by molar-refractivity contribution is -0.146. The molecule has 4 aliphatic carbocycles. The first-order chi connectivity index (χ1) is 15.0. The first kappa shape index (κ1) is 21.7. The second-order valence-electron chi connectivity index (χ2n) is 11.6. The van der Waals surface area contributed by atoms with Gasteiger partial charge in [-0.15, -0.1) is 0 Å². The summed E-state index contributed by atoms with van der Waals surface area (Å²) >= 11 is 0. The number of hydrogen-bond acceptors (Lipinski definition) is 4. The molecule has 31 heavy (non-hydrogen) atoms. The van der Waals surface area contributed by atoms with E-state index in [-0.39, 0.29) is 17.2 Å². The molecule has 6 heteroatoms. The van der Waals surface area contributed by atoms with E-state index in [9.17, 15) is 9.59 Å². The predicted octanol–water partition coefficient (Wildman–Crippen LogP) is 2.38. The number of carbonyl (C=O) groups excluding carboxylic acids is 2. The largest absolute Gasteiger partial charge is 0.355 e. The van der Waals surface area contributed by atoms with Crippen molar-refractivity contribution in [3.8, 4) is 0 Å². The van der Waals surface area contributed by atoms with Crippen molar-refractivity contribution < 1.29 is 9.59 Å². The van der Waals surface area contributed by atoms with Crippen LogP contribution in [0.25, 0.3) is 0 Å². The average Bonchev–Trinajstić information content (AvgIpc) is 2.74. The van der Waals surface area contributed by atoms with Crippen LogP contribution < -0.4 is 10.6 Å². The number of nitrogens with one attached hydrogen (secondary N) is 2. The van der Waals surface area contributed by atoms with E-state index in [0.717, 1.165) is 69.0 Å². The highest BCUT2D eigenvalue weighted by Gasteiger charge is 2.54. The minimum absolute atomic E-state index is 0.101. The molecule has 0 atom stereocenters. The van der Waals surface area contributed by atoms with Crippen LogP contribution >= 0.6 is 0 Å². The summed E-state index contributed by atoms with van der Waals surface area (Å²) in [7, 11) is 2.21. The summed E-state index contributed by atoms with van der Waals surface area (Å²) < 4.78 is 0. The molecule has 2 N–H and O–H groups in total. The lowest BCUT2D eigenvalue weighted by Crippen LogP contribution is -2.54. The Kier molecular flexibility index (Phi) is 6.31. The Morgan fingerprint density at radius 1 is 0.871 bits per heavy atom. The first-order valence-corrected chi connectivity index (χ1v) is 13.0. The third kappa shape index (κ3) is 4.80. The molecule has 2 heterocycles. The van der Waals surface area contributed by atoms with Gasteiger partial charge in [-0.3, -0.25) is 9.59 Å². The molecule has 6 fully saturated rings. The Labute approximate surface area is 187 Å². The zero-order valence-electron chi connectivity index (χ0n) is 19.4. The minimum Gasteiger partial charge on any atom is -0.355 e. The monoisotopic (exact) mass is 430 g/mol. The molecule has 0 unspecified atom stereocenters. The second-order valence-corrected chi connectivity index (χ2v) is 11.6. The van der Waals surface area contributed by atoms with Gasteiger partial charge in [0.1, 0.15) is 0 Å². The van der Waals surface area contributed by atoms with Crippen molar-refractivity contribution in [2.45, 2.75) is 82.7 Å². The van der Waals surface area contributed by atoms with Gasteiger partial charge >= 0.3 is 0 Å². The van der Waals surface area contributed by atoms with Gasteiger partial charge in [0.25, 0.3) is 0 Å². The van der Waals surface area contributed by atoms with Crippen molar-refractivity contribution in [2.24, 2.45) is 23.2 Å². The lowest BCUT2D eigenvalue weighted by Gasteiger charge is -2.55. The van der Waals surface area contributed by atoms with Crippen LogP contribution in [-0.2, 0) is 9.59 Å². The van der Waals surface area contributed by atoms with Crippen LogP contribution in [-0.4, -0.2) is 73.5 Å². The Morgan fingerprint density at radius 3 is 2.03 bits per heavy atom. The van der Waals surface area contributed by atoms with Crippen molar-refractivity contribution >= 4 is 11.8 Å². The van der Waals surface area contributed by atoms with Crippen LogP contribution in [0.4, 0.5) is 0 Å². The molecule has 6 nitrogen and oxygen atoms in total. The van der Waals surface area contributed by atoms with E-state index in [2.05, 4.69) is 27.5 Å². The fraction of sp³-hybridized carbons (Fsp3) is 0.920. The van der Waals surface area contributed by atoms with Gasteiger partial charge in [-0.1, -0.05) is 0 Å². The average molecular weight is 431 g/mol. The number of carbonyl (C=O) groups is 2. The van der Waals surface area contributed by atoms with Gasteiger partial charge in [-0.05, 0) is 102 Å². The van der Waals surface area contributed by atoms with E-state index in [1.165, 1.54) is 45.2 Å². The van der Waals surface area contributed by atoms with Crippen LogP contribution in [0.15, 0.2) is 0 Å². The molecule has 174 valence electrons. The molecule has 0 aromatic carbocycles. The summed E-state index contributed by atoms with van der Waals surface area (Å²) in [5.74, 6) is 2.68. The molecule has 6 rings (SSSR count). The smallest absolute Gasteiger partial charge is 0.226 e. The first-order valence-electron chi connectivity index (χ1n) is 13.0. The molecule has 6 aliphatic rings. The summed E-state index contributed by atoms with van der Waals surface area (Å²) in [5.41, 5.74) is -0.105. The van der Waals surface area contributed by atoms with Gasteiger partial charge in [0.2, 0.25) is 11.8 Å². The molecule has 0 spiro atoms. The zero-order valence-corrected chi connectivity index (χ0v) is 19.4. The number of rotatable bonds is 6. The topological polar surface area (TPSA) is 64.7 Å². The number of amides is 2. The van der Waals surface area contributed by atoms with Crippen LogP contribution in [0, 0.1) is 23.2 Å². The van der Waals surface area contributed by atoms with Crippen molar-refractivity contribution in [3.63, 3.8) is 0 Å². The molecule has 2 amide bonds. The molecule has 0 radical (unpaired) electrons. The highest BCUT2D eigenvalue weighted by molar-refractivity contribution is 5.84. The summed E-state index contributed by atoms with van der Waals surface area (Å²) in [6, 6.07) is 1.03. The maximum atomic E-state index is 13.0. The van der Waals surface area contributed by atoms with Crippen molar-refractivity contribution in [2.75, 3.05) is 39.8 Å². The highest BCUT2D eigenvalue weighted by atomic mass is 16.2. The minimum atomic E-state index is -0.105. The third-order valence-electron chi connectivity index (χ3n) is 9.26. The maximum Gasteiger partial charge on any atom is 0.226 e. The molecular weight excluding hydrogens is 388 g/mol. The predicted molar refractivity (Wildman–Crippen MR) is 121 cm³/mol. The van der Waals surface area contributed by atoms with Crippen molar-refractivity contribution in [1.82, 2.24) is 20.4 Å². The number of hydrogen-bond donors (Lipinski definition) is 2. The van der Waals surface area contributed by atoms with Crippen LogP contribution in [0.5, 0.6) is 0 Å². The number of likely N-dealkylation sites (tertiary alicyclic amines) is 2. The highest BCUT2D eigenvalue weighted by Crippen LogP contribution is 2.60. The van der Waals surface area contributed by atoms with E-state index in [1.807, 2.05) is 0 Å². The SMILES string of the molecule is CN1CCC(N2CCC(NC(=O)CCNC(=O)C34CC5CC(CC(C5)C3)C4)CC2)CC1. The van der Waals surface area contributed by atoms with Crippen molar-refractivity contribution in [1.29, 1.82) is 0 Å². The summed E-state index contributed by atoms with van der Waals surface area (Å²) in [5, 5.41) is 6.38. The molecule has 4 bridgehead atoms. The Hall–Kier alpha value is -1.14. The summed E-state index contributed by atoms with van der Waals surface area (Å²) in [6.45, 7) is 5.09. The molecule has 2 saturated heterocycles. The van der Waals surface area contributed by atoms with E-state index in [1.54, 1.807) is 0 Å². The maximum absolute atomic E-state index is 13.0. The summed E-state index contributed by atoms with van der Waals surface area (Å²) in [4.78, 5) is 30.6. The Morgan fingerprint density at radius 2 is 1.45 bits per heavy atom. The normalized spacial score (nSPS) is 37.1. The fourth-order valence-electron chi connectivity index (χ4n) is 7.93. The summed E-state index contributed by atoms with van der Waals surface area (Å²) in [6.07, 6.45) is 12.4. The van der Waals surface area contributed by atoms with Gasteiger partial charge in [0, 0.05) is 43.6 Å². The van der Waals surface area contributed by atoms with E-state index >= 15 is 0 Å². The van der Waals surface area contributed by atoms with Gasteiger partial charge < -0.3 is 20.4 Å². The molecule has 0 aromatic heterocycles. The molecule has 2 aliphatic heterocycles. The lowest BCUT2D eigenvalue weighted by atomic mass is 9.49. The van der Waals surface area contributed by atoms with Crippen molar-refractivity contribution in [3.05, 3.63) is 0 Å². The van der Waals surface area contributed by atoms with Crippen LogP contribution in [0.1, 0.15) is 70.6 Å². The van der Waals surface area contributed by atoms with Crippen LogP contribution in [0.3, 0.4) is 0 Å². The van der Waals surface area contributed by atoms with Gasteiger partial charge in [0.05, 0.1) is 0 Å². The number of nitrogens with zero attached hydrogens (tertiary/aromatic N) is 2. The van der Waals surface area contributed by atoms with Crippen LogP contribution in [0.2, 0.25) is 0 Å². The second kappa shape index (κ2) is 9.01. The van der Waals surface area contributed by atoms with Gasteiger partial charge in [-0.2, -0.15) is 0 Å². The number of piperidine rings is 2. The molecule has 4 saturated carbocycles. The Balaban J connectivity index is 1.00. The third-order valence-corrected chi connectivity index (χ3v) is 9.26. The van der Waals surface area contributed by atoms with E-state index in [4.69, 9.17) is 0 Å². The van der Waals surface area contributed by atoms with E-state index in [0.29, 0.717) is 19.0 Å². The zero-order chi connectivity index (χ0) is 21.4. The standard InChI is InChI=1S/C25H42N4O2/c1-28-8-5-22(6-9-28)29-10-3-21(4-11-29)27-23(30)2-7-26-24(31)25-15-18-12-19(16-25)14-20(13-18)17-25/h18-22H,2-17H2,1H3,(H,26,31)(H,27,30). The van der Waals surface area contributed by atoms with Gasteiger partial charge in [-0.25, -0.2) is 0 Å². The van der Waals surface area contributed by atoms with Gasteiger partial charge in [0.15, 0.2) is 0 Å². The fourth-order valence-corrected chi connectivity index (χ4v) is 7.93. The van der Waals surface area contributed by atoms with E-state index < -0.39 is 0 Å². The molecule has 0 aromatic rings. The molecular formula is C25H42N4O2. The Bertz CT molecular complexity index is 629.